The Labute approximate surface area is 154 Å². The van der Waals surface area contributed by atoms with Crippen LogP contribution in [0.3, 0.4) is 0 Å². The van der Waals surface area contributed by atoms with E-state index in [0.717, 1.165) is 15.9 Å². The standard InChI is InChI=1S/C19H17BrN2O3/c1-13(17-4-2-3-11-21-17)22-19(23)18-10-9-16(25-18)12-24-15-7-5-14(20)6-8-15/h2-11,13H,12H2,1H3,(H,22,23). The molecule has 0 aliphatic heterocycles. The molecule has 0 aliphatic rings. The minimum Gasteiger partial charge on any atom is -0.486 e. The Morgan fingerprint density at radius 3 is 2.72 bits per heavy atom. The van der Waals surface area contributed by atoms with Crippen molar-refractivity contribution in [1.82, 2.24) is 10.3 Å². The number of carbonyl (C=O) groups excluding carboxylic acids is 1. The number of aromatic nitrogens is 1. The maximum Gasteiger partial charge on any atom is 0.287 e. The Morgan fingerprint density at radius 2 is 2.00 bits per heavy atom. The van der Waals surface area contributed by atoms with Crippen LogP contribution in [0.5, 0.6) is 5.75 Å². The lowest BCUT2D eigenvalue weighted by molar-refractivity contribution is 0.0907. The van der Waals surface area contributed by atoms with Gasteiger partial charge in [-0.15, -0.1) is 0 Å². The third-order valence-electron chi connectivity index (χ3n) is 3.56. The predicted molar refractivity (Wildman–Crippen MR) is 97.3 cm³/mol. The summed E-state index contributed by atoms with van der Waals surface area (Å²) in [6.07, 6.45) is 1.70. The molecule has 0 bridgehead atoms. The predicted octanol–water partition coefficient (Wildman–Crippen LogP) is 4.51. The molecule has 0 spiro atoms. The summed E-state index contributed by atoms with van der Waals surface area (Å²) >= 11 is 3.37. The zero-order valence-electron chi connectivity index (χ0n) is 13.6. The van der Waals surface area contributed by atoms with Crippen LogP contribution < -0.4 is 10.1 Å². The number of nitrogens with zero attached hydrogens (tertiary/aromatic N) is 1. The van der Waals surface area contributed by atoms with Crippen molar-refractivity contribution in [2.24, 2.45) is 0 Å². The van der Waals surface area contributed by atoms with Crippen LogP contribution in [0.25, 0.3) is 0 Å². The van der Waals surface area contributed by atoms with Gasteiger partial charge in [-0.25, -0.2) is 0 Å². The molecule has 1 N–H and O–H groups in total. The lowest BCUT2D eigenvalue weighted by Crippen LogP contribution is -2.26. The molecule has 3 aromatic rings. The first kappa shape index (κ1) is 17.2. The summed E-state index contributed by atoms with van der Waals surface area (Å²) in [6.45, 7) is 2.13. The maximum absolute atomic E-state index is 12.3. The number of amides is 1. The third-order valence-corrected chi connectivity index (χ3v) is 4.09. The normalized spacial score (nSPS) is 11.8. The molecule has 25 heavy (non-hydrogen) atoms. The van der Waals surface area contributed by atoms with E-state index in [1.807, 2.05) is 49.4 Å². The highest BCUT2D eigenvalue weighted by Crippen LogP contribution is 2.18. The van der Waals surface area contributed by atoms with Gasteiger partial charge in [-0.1, -0.05) is 22.0 Å². The van der Waals surface area contributed by atoms with E-state index in [4.69, 9.17) is 9.15 Å². The number of carbonyl (C=O) groups is 1. The van der Waals surface area contributed by atoms with Gasteiger partial charge in [-0.3, -0.25) is 9.78 Å². The van der Waals surface area contributed by atoms with Crippen LogP contribution in [-0.2, 0) is 6.61 Å². The molecule has 1 unspecified atom stereocenters. The van der Waals surface area contributed by atoms with Gasteiger partial charge in [0.15, 0.2) is 5.76 Å². The number of pyridine rings is 1. The monoisotopic (exact) mass is 400 g/mol. The van der Waals surface area contributed by atoms with Crippen LogP contribution in [0.2, 0.25) is 0 Å². The first-order chi connectivity index (χ1) is 12.1. The maximum atomic E-state index is 12.3. The molecule has 0 saturated heterocycles. The second-order valence-corrected chi connectivity index (χ2v) is 6.37. The lowest BCUT2D eigenvalue weighted by Gasteiger charge is -2.11. The zero-order valence-corrected chi connectivity index (χ0v) is 15.2. The molecule has 2 aromatic heterocycles. The molecule has 6 heteroatoms. The number of ether oxygens (including phenoxy) is 1. The van der Waals surface area contributed by atoms with E-state index in [1.165, 1.54) is 0 Å². The van der Waals surface area contributed by atoms with Gasteiger partial charge in [0.2, 0.25) is 0 Å². The molecule has 0 aliphatic carbocycles. The second-order valence-electron chi connectivity index (χ2n) is 5.46. The first-order valence-electron chi connectivity index (χ1n) is 7.80. The largest absolute Gasteiger partial charge is 0.486 e. The summed E-state index contributed by atoms with van der Waals surface area (Å²) in [4.78, 5) is 16.5. The molecule has 3 rings (SSSR count). The van der Waals surface area contributed by atoms with E-state index in [2.05, 4.69) is 26.2 Å². The van der Waals surface area contributed by atoms with Crippen molar-refractivity contribution >= 4 is 21.8 Å². The van der Waals surface area contributed by atoms with Gasteiger partial charge < -0.3 is 14.5 Å². The Hall–Kier alpha value is -2.60. The summed E-state index contributed by atoms with van der Waals surface area (Å²) in [5.74, 6) is 1.28. The average Bonchev–Trinajstić information content (AvgIpc) is 3.11. The van der Waals surface area contributed by atoms with Gasteiger partial charge in [0.25, 0.3) is 5.91 Å². The van der Waals surface area contributed by atoms with Crippen molar-refractivity contribution in [2.75, 3.05) is 0 Å². The molecule has 0 radical (unpaired) electrons. The molecule has 1 aromatic carbocycles. The summed E-state index contributed by atoms with van der Waals surface area (Å²) in [7, 11) is 0. The Balaban J connectivity index is 1.57. The fourth-order valence-electron chi connectivity index (χ4n) is 2.24. The van der Waals surface area contributed by atoms with Crippen molar-refractivity contribution < 1.29 is 13.9 Å². The van der Waals surface area contributed by atoms with Crippen LogP contribution in [0.1, 0.15) is 35.0 Å². The number of hydrogen-bond acceptors (Lipinski definition) is 4. The second kappa shape index (κ2) is 7.98. The van der Waals surface area contributed by atoms with Gasteiger partial charge in [-0.05, 0) is 55.5 Å². The van der Waals surface area contributed by atoms with E-state index in [1.54, 1.807) is 18.3 Å². The number of hydrogen-bond donors (Lipinski definition) is 1. The molecular formula is C19H17BrN2O3. The van der Waals surface area contributed by atoms with Gasteiger partial charge in [0.1, 0.15) is 18.1 Å². The van der Waals surface area contributed by atoms with E-state index in [0.29, 0.717) is 5.76 Å². The van der Waals surface area contributed by atoms with Gasteiger partial charge in [0.05, 0.1) is 11.7 Å². The zero-order chi connectivity index (χ0) is 17.6. The quantitative estimate of drug-likeness (QED) is 0.660. The van der Waals surface area contributed by atoms with Crippen LogP contribution in [0.4, 0.5) is 0 Å². The van der Waals surface area contributed by atoms with E-state index >= 15 is 0 Å². The van der Waals surface area contributed by atoms with Crippen molar-refractivity contribution in [3.63, 3.8) is 0 Å². The van der Waals surface area contributed by atoms with E-state index in [-0.39, 0.29) is 24.3 Å². The minimum atomic E-state index is -0.284. The molecule has 5 nitrogen and oxygen atoms in total. The topological polar surface area (TPSA) is 64.4 Å². The number of halogens is 1. The van der Waals surface area contributed by atoms with Crippen molar-refractivity contribution in [3.05, 3.63) is 82.5 Å². The fraction of sp³-hybridized carbons (Fsp3) is 0.158. The van der Waals surface area contributed by atoms with Crippen molar-refractivity contribution in [1.29, 1.82) is 0 Å². The number of benzene rings is 1. The summed E-state index contributed by atoms with van der Waals surface area (Å²) in [5.41, 5.74) is 0.793. The summed E-state index contributed by atoms with van der Waals surface area (Å²) in [6, 6.07) is 16.3. The highest BCUT2D eigenvalue weighted by Gasteiger charge is 2.15. The van der Waals surface area contributed by atoms with Gasteiger partial charge >= 0.3 is 0 Å². The molecule has 2 heterocycles. The lowest BCUT2D eigenvalue weighted by atomic mass is 10.2. The van der Waals surface area contributed by atoms with Crippen molar-refractivity contribution in [3.8, 4) is 5.75 Å². The SMILES string of the molecule is CC(NC(=O)c1ccc(COc2ccc(Br)cc2)o1)c1ccccn1. The Kier molecular flexibility index (Phi) is 5.50. The molecule has 1 amide bonds. The molecule has 128 valence electrons. The fourth-order valence-corrected chi connectivity index (χ4v) is 2.50. The number of rotatable bonds is 6. The number of furan rings is 1. The van der Waals surface area contributed by atoms with E-state index in [9.17, 15) is 4.79 Å². The first-order valence-corrected chi connectivity index (χ1v) is 8.60. The van der Waals surface area contributed by atoms with Crippen LogP contribution in [0, 0.1) is 0 Å². The van der Waals surface area contributed by atoms with Crippen LogP contribution in [-0.4, -0.2) is 10.9 Å². The van der Waals surface area contributed by atoms with Crippen molar-refractivity contribution in [2.45, 2.75) is 19.6 Å². The number of nitrogens with one attached hydrogen (secondary N) is 1. The Bertz CT molecular complexity index is 831. The molecule has 0 fully saturated rings. The smallest absolute Gasteiger partial charge is 0.287 e. The molecule has 0 saturated carbocycles. The summed E-state index contributed by atoms with van der Waals surface area (Å²) < 4.78 is 12.2. The van der Waals surface area contributed by atoms with Crippen LogP contribution >= 0.6 is 15.9 Å². The van der Waals surface area contributed by atoms with Gasteiger partial charge in [-0.2, -0.15) is 0 Å². The summed E-state index contributed by atoms with van der Waals surface area (Å²) in [5, 5.41) is 2.86. The third kappa shape index (κ3) is 4.70. The molecular weight excluding hydrogens is 384 g/mol. The highest BCUT2D eigenvalue weighted by molar-refractivity contribution is 9.10. The van der Waals surface area contributed by atoms with Gasteiger partial charge in [0, 0.05) is 10.7 Å². The van der Waals surface area contributed by atoms with Crippen LogP contribution in [0.15, 0.2) is 69.7 Å². The molecule has 1 atom stereocenters. The average molecular weight is 401 g/mol. The highest BCUT2D eigenvalue weighted by atomic mass is 79.9. The Morgan fingerprint density at radius 1 is 1.20 bits per heavy atom. The minimum absolute atomic E-state index is 0.207. The van der Waals surface area contributed by atoms with E-state index < -0.39 is 0 Å².